The molecule has 1 amide bonds. The first-order valence-corrected chi connectivity index (χ1v) is 7.38. The third-order valence-electron chi connectivity index (χ3n) is 3.64. The molecule has 2 rings (SSSR count). The highest BCUT2D eigenvalue weighted by Crippen LogP contribution is 2.33. The Morgan fingerprint density at radius 2 is 1.74 bits per heavy atom. The van der Waals surface area contributed by atoms with E-state index in [-0.39, 0.29) is 18.4 Å². The molecule has 0 aliphatic rings. The van der Waals surface area contributed by atoms with E-state index < -0.39 is 0 Å². The zero-order chi connectivity index (χ0) is 16.8. The van der Waals surface area contributed by atoms with Gasteiger partial charge < -0.3 is 20.5 Å². The number of nitrogens with two attached hydrogens (primary N) is 1. The number of hydrogen-bond acceptors (Lipinski definition) is 4. The van der Waals surface area contributed by atoms with E-state index in [4.69, 9.17) is 15.2 Å². The Bertz CT molecular complexity index is 671. The summed E-state index contributed by atoms with van der Waals surface area (Å²) in [6.45, 7) is 1.90. The molecule has 0 spiro atoms. The molecule has 122 valence electrons. The average molecular weight is 314 g/mol. The summed E-state index contributed by atoms with van der Waals surface area (Å²) >= 11 is 0. The molecule has 2 aromatic carbocycles. The average Bonchev–Trinajstić information content (AvgIpc) is 2.56. The first-order chi connectivity index (χ1) is 11.0. The SMILES string of the molecule is COc1cc(C)c(NC(=O)CC(N)c2ccccc2)cc1OC. The van der Waals surface area contributed by atoms with Crippen LogP contribution in [-0.4, -0.2) is 20.1 Å². The highest BCUT2D eigenvalue weighted by molar-refractivity contribution is 5.92. The smallest absolute Gasteiger partial charge is 0.226 e. The van der Waals surface area contributed by atoms with E-state index in [1.165, 1.54) is 0 Å². The molecule has 1 atom stereocenters. The number of carbonyl (C=O) groups is 1. The van der Waals surface area contributed by atoms with Crippen LogP contribution in [0.1, 0.15) is 23.6 Å². The second kappa shape index (κ2) is 7.65. The second-order valence-corrected chi connectivity index (χ2v) is 5.29. The van der Waals surface area contributed by atoms with Crippen molar-refractivity contribution in [2.75, 3.05) is 19.5 Å². The van der Waals surface area contributed by atoms with Gasteiger partial charge in [-0.2, -0.15) is 0 Å². The largest absolute Gasteiger partial charge is 0.493 e. The van der Waals surface area contributed by atoms with Crippen molar-refractivity contribution in [2.45, 2.75) is 19.4 Å². The molecule has 0 heterocycles. The van der Waals surface area contributed by atoms with Gasteiger partial charge in [-0.05, 0) is 24.1 Å². The number of anilines is 1. The Morgan fingerprint density at radius 3 is 2.35 bits per heavy atom. The van der Waals surface area contributed by atoms with Gasteiger partial charge in [-0.25, -0.2) is 0 Å². The fourth-order valence-electron chi connectivity index (χ4n) is 2.33. The Morgan fingerprint density at radius 1 is 1.13 bits per heavy atom. The molecule has 0 fully saturated rings. The molecule has 0 saturated heterocycles. The second-order valence-electron chi connectivity index (χ2n) is 5.29. The minimum atomic E-state index is -0.336. The predicted molar refractivity (Wildman–Crippen MR) is 90.9 cm³/mol. The van der Waals surface area contributed by atoms with Crippen LogP contribution in [0, 0.1) is 6.92 Å². The van der Waals surface area contributed by atoms with E-state index in [9.17, 15) is 4.79 Å². The lowest BCUT2D eigenvalue weighted by Gasteiger charge is -2.15. The fourth-order valence-corrected chi connectivity index (χ4v) is 2.33. The number of methoxy groups -OCH3 is 2. The van der Waals surface area contributed by atoms with Gasteiger partial charge in [0.25, 0.3) is 0 Å². The number of nitrogens with one attached hydrogen (secondary N) is 1. The minimum absolute atomic E-state index is 0.142. The Hall–Kier alpha value is -2.53. The maximum atomic E-state index is 12.2. The molecule has 1 unspecified atom stereocenters. The maximum Gasteiger partial charge on any atom is 0.226 e. The van der Waals surface area contributed by atoms with E-state index in [1.807, 2.05) is 43.3 Å². The number of amides is 1. The van der Waals surface area contributed by atoms with Crippen molar-refractivity contribution in [2.24, 2.45) is 5.73 Å². The zero-order valence-corrected chi connectivity index (χ0v) is 13.6. The summed E-state index contributed by atoms with van der Waals surface area (Å²) in [7, 11) is 3.14. The van der Waals surface area contributed by atoms with E-state index in [1.54, 1.807) is 20.3 Å². The molecule has 0 aliphatic carbocycles. The van der Waals surface area contributed by atoms with Gasteiger partial charge in [0.05, 0.1) is 14.2 Å². The maximum absolute atomic E-state index is 12.2. The standard InChI is InChI=1S/C18H22N2O3/c1-12-9-16(22-2)17(23-3)11-15(12)20-18(21)10-14(19)13-7-5-4-6-8-13/h4-9,11,14H,10,19H2,1-3H3,(H,20,21). The van der Waals surface area contributed by atoms with Gasteiger partial charge in [0.15, 0.2) is 11.5 Å². The van der Waals surface area contributed by atoms with Crippen LogP contribution >= 0.6 is 0 Å². The molecule has 0 aliphatic heterocycles. The van der Waals surface area contributed by atoms with Crippen LogP contribution in [0.15, 0.2) is 42.5 Å². The molecular formula is C18H22N2O3. The lowest BCUT2D eigenvalue weighted by atomic mass is 10.0. The quantitative estimate of drug-likeness (QED) is 0.859. The van der Waals surface area contributed by atoms with Gasteiger partial charge in [-0.3, -0.25) is 4.79 Å². The van der Waals surface area contributed by atoms with Crippen LogP contribution in [-0.2, 0) is 4.79 Å². The van der Waals surface area contributed by atoms with Gasteiger partial charge in [0.1, 0.15) is 0 Å². The van der Waals surface area contributed by atoms with Crippen molar-refractivity contribution in [3.63, 3.8) is 0 Å². The summed E-state index contributed by atoms with van der Waals surface area (Å²) in [5.74, 6) is 1.06. The lowest BCUT2D eigenvalue weighted by molar-refractivity contribution is -0.116. The van der Waals surface area contributed by atoms with Crippen molar-refractivity contribution in [3.8, 4) is 11.5 Å². The summed E-state index contributed by atoms with van der Waals surface area (Å²) < 4.78 is 10.5. The van der Waals surface area contributed by atoms with Crippen LogP contribution in [0.25, 0.3) is 0 Å². The predicted octanol–water partition coefficient (Wildman–Crippen LogP) is 3.04. The minimum Gasteiger partial charge on any atom is -0.493 e. The first kappa shape index (κ1) is 16.8. The van der Waals surface area contributed by atoms with Gasteiger partial charge >= 0.3 is 0 Å². The van der Waals surface area contributed by atoms with Crippen molar-refractivity contribution in [3.05, 3.63) is 53.6 Å². The third kappa shape index (κ3) is 4.23. The normalized spacial score (nSPS) is 11.7. The van der Waals surface area contributed by atoms with Crippen molar-refractivity contribution < 1.29 is 14.3 Å². The van der Waals surface area contributed by atoms with Crippen LogP contribution in [0.3, 0.4) is 0 Å². The fraction of sp³-hybridized carbons (Fsp3) is 0.278. The molecule has 0 saturated carbocycles. The van der Waals surface area contributed by atoms with Crippen LogP contribution in [0.5, 0.6) is 11.5 Å². The Balaban J connectivity index is 2.08. The molecule has 0 bridgehead atoms. The summed E-state index contributed by atoms with van der Waals surface area (Å²) in [4.78, 5) is 12.2. The highest BCUT2D eigenvalue weighted by Gasteiger charge is 2.14. The first-order valence-electron chi connectivity index (χ1n) is 7.38. The molecule has 0 aromatic heterocycles. The molecule has 5 nitrogen and oxygen atoms in total. The lowest BCUT2D eigenvalue weighted by Crippen LogP contribution is -2.21. The third-order valence-corrected chi connectivity index (χ3v) is 3.64. The van der Waals surface area contributed by atoms with Crippen LogP contribution in [0.4, 0.5) is 5.69 Å². The highest BCUT2D eigenvalue weighted by atomic mass is 16.5. The molecule has 0 radical (unpaired) electrons. The van der Waals surface area contributed by atoms with Gasteiger partial charge in [0.2, 0.25) is 5.91 Å². The summed E-state index contributed by atoms with van der Waals surface area (Å²) in [5.41, 5.74) is 8.60. The van der Waals surface area contributed by atoms with Crippen molar-refractivity contribution in [1.82, 2.24) is 0 Å². The molecule has 5 heteroatoms. The summed E-state index contributed by atoms with van der Waals surface area (Å²) in [6, 6.07) is 12.8. The Kier molecular flexibility index (Phi) is 5.60. The zero-order valence-electron chi connectivity index (χ0n) is 13.6. The van der Waals surface area contributed by atoms with Crippen molar-refractivity contribution in [1.29, 1.82) is 0 Å². The monoisotopic (exact) mass is 314 g/mol. The van der Waals surface area contributed by atoms with Gasteiger partial charge in [-0.1, -0.05) is 30.3 Å². The van der Waals surface area contributed by atoms with Gasteiger partial charge in [-0.15, -0.1) is 0 Å². The molecule has 2 aromatic rings. The summed E-state index contributed by atoms with van der Waals surface area (Å²) in [6.07, 6.45) is 0.206. The summed E-state index contributed by atoms with van der Waals surface area (Å²) in [5, 5.41) is 2.88. The molecule has 23 heavy (non-hydrogen) atoms. The number of ether oxygens (including phenoxy) is 2. The number of hydrogen-bond donors (Lipinski definition) is 2. The van der Waals surface area contributed by atoms with E-state index in [0.29, 0.717) is 17.2 Å². The van der Waals surface area contributed by atoms with E-state index in [2.05, 4.69) is 5.32 Å². The topological polar surface area (TPSA) is 73.6 Å². The van der Waals surface area contributed by atoms with E-state index in [0.717, 1.165) is 11.1 Å². The number of benzene rings is 2. The number of rotatable bonds is 6. The van der Waals surface area contributed by atoms with Crippen LogP contribution < -0.4 is 20.5 Å². The van der Waals surface area contributed by atoms with Crippen LogP contribution in [0.2, 0.25) is 0 Å². The number of aryl methyl sites for hydroxylation is 1. The Labute approximate surface area is 136 Å². The van der Waals surface area contributed by atoms with Crippen molar-refractivity contribution >= 4 is 11.6 Å². The van der Waals surface area contributed by atoms with Gasteiger partial charge in [0, 0.05) is 24.2 Å². The molecule has 3 N–H and O–H groups in total. The number of carbonyl (C=O) groups excluding carboxylic acids is 1. The molecular weight excluding hydrogens is 292 g/mol. The van der Waals surface area contributed by atoms with E-state index >= 15 is 0 Å².